The summed E-state index contributed by atoms with van der Waals surface area (Å²) in [6.07, 6.45) is 1.62. The van der Waals surface area contributed by atoms with E-state index in [0.717, 1.165) is 18.4 Å². The molecule has 2 fully saturated rings. The van der Waals surface area contributed by atoms with E-state index in [0.29, 0.717) is 26.3 Å². The van der Waals surface area contributed by atoms with Crippen LogP contribution in [0.3, 0.4) is 0 Å². The average Bonchev–Trinajstić information content (AvgIpc) is 3.19. The normalized spacial score (nSPS) is 26.0. The van der Waals surface area contributed by atoms with Crippen molar-refractivity contribution in [3.8, 4) is 0 Å². The number of sulfonamides is 1. The molecular formula is C18H27N3O5S. The summed E-state index contributed by atoms with van der Waals surface area (Å²) in [7, 11) is -3.56. The highest BCUT2D eigenvalue weighted by Gasteiger charge is 2.28. The molecule has 2 saturated heterocycles. The van der Waals surface area contributed by atoms with Crippen molar-refractivity contribution in [3.63, 3.8) is 0 Å². The Morgan fingerprint density at radius 3 is 2.67 bits per heavy atom. The molecule has 2 heterocycles. The largest absolute Gasteiger partial charge is 0.377 e. The SMILES string of the molecule is C[C@H]1OCCN[C@@H]1C(=O)NCc1ccc(S(=O)(=O)NCC2CCCO2)cc1. The summed E-state index contributed by atoms with van der Waals surface area (Å²) in [5, 5.41) is 5.99. The predicted molar refractivity (Wildman–Crippen MR) is 99.7 cm³/mol. The van der Waals surface area contributed by atoms with Gasteiger partial charge in [-0.3, -0.25) is 4.79 Å². The smallest absolute Gasteiger partial charge is 0.240 e. The lowest BCUT2D eigenvalue weighted by Gasteiger charge is -2.29. The Balaban J connectivity index is 1.51. The Morgan fingerprint density at radius 1 is 1.22 bits per heavy atom. The second-order valence-corrected chi connectivity index (χ2v) is 8.62. The lowest BCUT2D eigenvalue weighted by atomic mass is 10.1. The fraction of sp³-hybridized carbons (Fsp3) is 0.611. The fourth-order valence-electron chi connectivity index (χ4n) is 3.20. The Morgan fingerprint density at radius 2 is 2.00 bits per heavy atom. The maximum Gasteiger partial charge on any atom is 0.240 e. The van der Waals surface area contributed by atoms with Crippen molar-refractivity contribution in [2.45, 2.75) is 49.5 Å². The van der Waals surface area contributed by atoms with E-state index < -0.39 is 10.0 Å². The van der Waals surface area contributed by atoms with Gasteiger partial charge in [-0.1, -0.05) is 12.1 Å². The molecule has 9 heteroatoms. The van der Waals surface area contributed by atoms with Crippen molar-refractivity contribution in [3.05, 3.63) is 29.8 Å². The molecule has 1 aromatic carbocycles. The van der Waals surface area contributed by atoms with Gasteiger partial charge in [-0.05, 0) is 37.5 Å². The van der Waals surface area contributed by atoms with Gasteiger partial charge in [0, 0.05) is 26.2 Å². The first-order valence-electron chi connectivity index (χ1n) is 9.28. The van der Waals surface area contributed by atoms with Crippen LogP contribution < -0.4 is 15.4 Å². The predicted octanol–water partition coefficient (Wildman–Crippen LogP) is 0.137. The van der Waals surface area contributed by atoms with Gasteiger partial charge in [0.25, 0.3) is 0 Å². The summed E-state index contributed by atoms with van der Waals surface area (Å²) in [6, 6.07) is 6.12. The summed E-state index contributed by atoms with van der Waals surface area (Å²) < 4.78 is 38.2. The number of carbonyl (C=O) groups is 1. The monoisotopic (exact) mass is 397 g/mol. The summed E-state index contributed by atoms with van der Waals surface area (Å²) in [4.78, 5) is 12.4. The highest BCUT2D eigenvalue weighted by Crippen LogP contribution is 2.14. The van der Waals surface area contributed by atoms with Crippen LogP contribution in [0.15, 0.2) is 29.2 Å². The molecule has 150 valence electrons. The van der Waals surface area contributed by atoms with E-state index in [4.69, 9.17) is 9.47 Å². The van der Waals surface area contributed by atoms with Crippen LogP contribution in [0.2, 0.25) is 0 Å². The minimum Gasteiger partial charge on any atom is -0.377 e. The van der Waals surface area contributed by atoms with Crippen LogP contribution >= 0.6 is 0 Å². The Hall–Kier alpha value is -1.52. The molecule has 2 aliphatic heterocycles. The third-order valence-corrected chi connectivity index (χ3v) is 6.26. The van der Waals surface area contributed by atoms with E-state index >= 15 is 0 Å². The van der Waals surface area contributed by atoms with Crippen molar-refractivity contribution in [2.75, 3.05) is 26.3 Å². The van der Waals surface area contributed by atoms with Crippen LogP contribution in [0.1, 0.15) is 25.3 Å². The standard InChI is InChI=1S/C18H27N3O5S/c1-13-17(19-8-10-25-13)18(22)20-11-14-4-6-16(7-5-14)27(23,24)21-12-15-3-2-9-26-15/h4-7,13,15,17,19,21H,2-3,8-12H2,1H3,(H,20,22)/t13-,15?,17+/m1/s1. The first kappa shape index (κ1) is 20.2. The molecule has 1 unspecified atom stereocenters. The van der Waals surface area contributed by atoms with Gasteiger partial charge in [-0.15, -0.1) is 0 Å². The van der Waals surface area contributed by atoms with Crippen molar-refractivity contribution in [1.82, 2.24) is 15.4 Å². The first-order valence-corrected chi connectivity index (χ1v) is 10.8. The fourth-order valence-corrected chi connectivity index (χ4v) is 4.27. The van der Waals surface area contributed by atoms with Gasteiger partial charge >= 0.3 is 0 Å². The minimum absolute atomic E-state index is 0.0472. The van der Waals surface area contributed by atoms with Crippen molar-refractivity contribution in [1.29, 1.82) is 0 Å². The van der Waals surface area contributed by atoms with Gasteiger partial charge < -0.3 is 20.1 Å². The van der Waals surface area contributed by atoms with Gasteiger partial charge in [-0.25, -0.2) is 13.1 Å². The Bertz CT molecular complexity index is 732. The second-order valence-electron chi connectivity index (χ2n) is 6.86. The maximum atomic E-state index is 12.4. The number of ether oxygens (including phenoxy) is 2. The summed E-state index contributed by atoms with van der Waals surface area (Å²) >= 11 is 0. The molecule has 0 aliphatic carbocycles. The van der Waals surface area contributed by atoms with Crippen molar-refractivity contribution >= 4 is 15.9 Å². The molecule has 8 nitrogen and oxygen atoms in total. The zero-order valence-corrected chi connectivity index (χ0v) is 16.3. The van der Waals surface area contributed by atoms with E-state index in [1.165, 1.54) is 0 Å². The molecule has 2 aliphatic rings. The Kier molecular flexibility index (Phi) is 6.83. The van der Waals surface area contributed by atoms with Gasteiger partial charge in [0.05, 0.1) is 23.7 Å². The number of hydrogen-bond acceptors (Lipinski definition) is 6. The highest BCUT2D eigenvalue weighted by atomic mass is 32.2. The molecule has 3 rings (SSSR count). The molecule has 3 atom stereocenters. The molecule has 1 amide bonds. The zero-order chi connectivity index (χ0) is 19.3. The van der Waals surface area contributed by atoms with Crippen molar-refractivity contribution in [2.24, 2.45) is 0 Å². The molecular weight excluding hydrogens is 370 g/mol. The van der Waals surface area contributed by atoms with Crippen LogP contribution in [0.25, 0.3) is 0 Å². The van der Waals surface area contributed by atoms with Crippen LogP contribution in [0, 0.1) is 0 Å². The van der Waals surface area contributed by atoms with Crippen LogP contribution in [0.5, 0.6) is 0 Å². The molecule has 0 bridgehead atoms. The third kappa shape index (κ3) is 5.49. The number of amides is 1. The number of benzene rings is 1. The molecule has 0 saturated carbocycles. The zero-order valence-electron chi connectivity index (χ0n) is 15.4. The topological polar surface area (TPSA) is 106 Å². The number of nitrogens with one attached hydrogen (secondary N) is 3. The lowest BCUT2D eigenvalue weighted by molar-refractivity contribution is -0.129. The maximum absolute atomic E-state index is 12.4. The van der Waals surface area contributed by atoms with Gasteiger partial charge in [0.2, 0.25) is 15.9 Å². The van der Waals surface area contributed by atoms with Crippen LogP contribution in [-0.4, -0.2) is 58.9 Å². The first-order chi connectivity index (χ1) is 13.0. The summed E-state index contributed by atoms with van der Waals surface area (Å²) in [5.41, 5.74) is 0.825. The quantitative estimate of drug-likeness (QED) is 0.604. The number of morpholine rings is 1. The van der Waals surface area contributed by atoms with E-state index in [1.54, 1.807) is 24.3 Å². The highest BCUT2D eigenvalue weighted by molar-refractivity contribution is 7.89. The number of carbonyl (C=O) groups excluding carboxylic acids is 1. The molecule has 0 spiro atoms. The average molecular weight is 397 g/mol. The van der Waals surface area contributed by atoms with Crippen LogP contribution in [0.4, 0.5) is 0 Å². The number of hydrogen-bond donors (Lipinski definition) is 3. The summed E-state index contributed by atoms with van der Waals surface area (Å²) in [6.45, 7) is 4.41. The van der Waals surface area contributed by atoms with E-state index in [1.807, 2.05) is 6.92 Å². The molecule has 3 N–H and O–H groups in total. The minimum atomic E-state index is -3.56. The van der Waals surface area contributed by atoms with Gasteiger partial charge in [-0.2, -0.15) is 0 Å². The van der Waals surface area contributed by atoms with E-state index in [9.17, 15) is 13.2 Å². The van der Waals surface area contributed by atoms with Gasteiger partial charge in [0.1, 0.15) is 6.04 Å². The van der Waals surface area contributed by atoms with Crippen molar-refractivity contribution < 1.29 is 22.7 Å². The lowest BCUT2D eigenvalue weighted by Crippen LogP contribution is -2.55. The Labute approximate surface area is 160 Å². The molecule has 0 radical (unpaired) electrons. The molecule has 27 heavy (non-hydrogen) atoms. The van der Waals surface area contributed by atoms with Gasteiger partial charge in [0.15, 0.2) is 0 Å². The summed E-state index contributed by atoms with van der Waals surface area (Å²) in [5.74, 6) is -0.128. The molecule has 1 aromatic rings. The third-order valence-electron chi connectivity index (χ3n) is 4.82. The van der Waals surface area contributed by atoms with Crippen LogP contribution in [-0.2, 0) is 30.8 Å². The number of rotatable bonds is 7. The second kappa shape index (κ2) is 9.11. The van der Waals surface area contributed by atoms with E-state index in [-0.39, 0.29) is 35.6 Å². The molecule has 0 aromatic heterocycles. The van der Waals surface area contributed by atoms with E-state index in [2.05, 4.69) is 15.4 Å².